The van der Waals surface area contributed by atoms with Gasteiger partial charge in [-0.15, -0.1) is 0 Å². The molecule has 0 aromatic heterocycles. The molecule has 1 heterocycles. The lowest BCUT2D eigenvalue weighted by molar-refractivity contribution is -0.119. The minimum absolute atomic E-state index is 0.000202. The molecule has 6 rings (SSSR count). The number of fused-ring (bicyclic) bond motifs is 1. The lowest BCUT2D eigenvalue weighted by Crippen LogP contribution is -2.51. The highest BCUT2D eigenvalue weighted by Crippen LogP contribution is 2.46. The molecule has 41 heavy (non-hydrogen) atoms. The second kappa shape index (κ2) is 11.9. The van der Waals surface area contributed by atoms with E-state index < -0.39 is 12.0 Å². The smallest absolute Gasteiger partial charge is 0.254 e. The second-order valence-corrected chi connectivity index (χ2v) is 10.7. The average Bonchev–Trinajstić information content (AvgIpc) is 3.03. The van der Waals surface area contributed by atoms with E-state index in [1.807, 2.05) is 108 Å². The molecule has 2 atom stereocenters. The minimum atomic E-state index is -0.584. The minimum Gasteiger partial charge on any atom is -0.497 e. The Morgan fingerprint density at radius 1 is 0.756 bits per heavy atom. The highest BCUT2D eigenvalue weighted by molar-refractivity contribution is 6.04. The topological polar surface area (TPSA) is 67.9 Å². The largest absolute Gasteiger partial charge is 0.497 e. The Morgan fingerprint density at radius 2 is 1.39 bits per heavy atom. The van der Waals surface area contributed by atoms with Gasteiger partial charge in [-0.3, -0.25) is 9.59 Å². The number of nitrogens with zero attached hydrogens (tertiary/aromatic N) is 1. The lowest BCUT2D eigenvalue weighted by Gasteiger charge is -2.46. The van der Waals surface area contributed by atoms with Crippen molar-refractivity contribution in [2.75, 3.05) is 12.4 Å². The standard InChI is InChI=1S/C35H34N2O4/c1-40-27-20-16-24(17-21-27)33-32(30-14-8-9-15-31(30)35(39)37(33)26-10-4-2-5-11-26)34(38)36-25-18-22-29(23-19-25)41-28-12-6-3-7-13-28/h3,6-9,12-23,26,32-33H,2,4-5,10-11H2,1H3,(H,36,38)/t32-,33-/m1/s1. The Balaban J connectivity index is 1.35. The third-order valence-corrected chi connectivity index (χ3v) is 8.18. The van der Waals surface area contributed by atoms with E-state index in [-0.39, 0.29) is 17.9 Å². The number of carbonyl (C=O) groups excluding carboxylic acids is 2. The molecule has 1 aliphatic carbocycles. The number of benzene rings is 4. The number of hydrogen-bond donors (Lipinski definition) is 1. The Bertz CT molecular complexity index is 1500. The predicted molar refractivity (Wildman–Crippen MR) is 160 cm³/mol. The number of amides is 2. The number of anilines is 1. The first-order chi connectivity index (χ1) is 20.1. The first-order valence-corrected chi connectivity index (χ1v) is 14.3. The number of carbonyl (C=O) groups is 2. The number of nitrogens with one attached hydrogen (secondary N) is 1. The van der Waals surface area contributed by atoms with Gasteiger partial charge in [0, 0.05) is 17.3 Å². The van der Waals surface area contributed by atoms with Crippen LogP contribution in [0, 0.1) is 0 Å². The maximum atomic E-state index is 14.2. The van der Waals surface area contributed by atoms with Crippen LogP contribution in [0.4, 0.5) is 5.69 Å². The zero-order valence-electron chi connectivity index (χ0n) is 23.2. The third kappa shape index (κ3) is 5.55. The summed E-state index contributed by atoms with van der Waals surface area (Å²) in [5, 5.41) is 3.15. The second-order valence-electron chi connectivity index (χ2n) is 10.7. The summed E-state index contributed by atoms with van der Waals surface area (Å²) in [5.41, 5.74) is 2.95. The molecule has 0 unspecified atom stereocenters. The summed E-state index contributed by atoms with van der Waals surface area (Å²) in [7, 11) is 1.64. The number of ether oxygens (including phenoxy) is 2. The van der Waals surface area contributed by atoms with Gasteiger partial charge in [0.05, 0.1) is 19.1 Å². The van der Waals surface area contributed by atoms with Crippen molar-refractivity contribution < 1.29 is 19.1 Å². The van der Waals surface area contributed by atoms with Crippen LogP contribution < -0.4 is 14.8 Å². The van der Waals surface area contributed by atoms with E-state index in [1.165, 1.54) is 6.42 Å². The molecule has 2 aliphatic rings. The van der Waals surface area contributed by atoms with Crippen LogP contribution >= 0.6 is 0 Å². The first-order valence-electron chi connectivity index (χ1n) is 14.3. The molecule has 1 fully saturated rings. The number of para-hydroxylation sites is 1. The van der Waals surface area contributed by atoms with Crippen LogP contribution in [0.1, 0.15) is 65.5 Å². The van der Waals surface area contributed by atoms with Crippen LogP contribution in [0.2, 0.25) is 0 Å². The monoisotopic (exact) mass is 546 g/mol. The van der Waals surface area contributed by atoms with Crippen LogP contribution in [0.15, 0.2) is 103 Å². The third-order valence-electron chi connectivity index (χ3n) is 8.18. The predicted octanol–water partition coefficient (Wildman–Crippen LogP) is 7.74. The van der Waals surface area contributed by atoms with Gasteiger partial charge in [0.25, 0.3) is 5.91 Å². The summed E-state index contributed by atoms with van der Waals surface area (Å²) >= 11 is 0. The molecule has 0 radical (unpaired) electrons. The molecule has 6 heteroatoms. The fourth-order valence-electron chi connectivity index (χ4n) is 6.20. The molecular weight excluding hydrogens is 512 g/mol. The van der Waals surface area contributed by atoms with Gasteiger partial charge in [-0.1, -0.05) is 67.8 Å². The number of rotatable bonds is 7. The van der Waals surface area contributed by atoms with E-state index >= 15 is 0 Å². The molecule has 1 N–H and O–H groups in total. The van der Waals surface area contributed by atoms with Gasteiger partial charge >= 0.3 is 0 Å². The van der Waals surface area contributed by atoms with Crippen LogP contribution in [-0.2, 0) is 4.79 Å². The fraction of sp³-hybridized carbons (Fsp3) is 0.257. The van der Waals surface area contributed by atoms with Crippen molar-refractivity contribution in [3.05, 3.63) is 120 Å². The van der Waals surface area contributed by atoms with Crippen molar-refractivity contribution in [1.29, 1.82) is 0 Å². The van der Waals surface area contributed by atoms with Gasteiger partial charge in [0.15, 0.2) is 0 Å². The molecule has 1 saturated carbocycles. The quantitative estimate of drug-likeness (QED) is 0.257. The molecule has 0 spiro atoms. The van der Waals surface area contributed by atoms with Gasteiger partial charge in [0.2, 0.25) is 5.91 Å². The molecule has 4 aromatic carbocycles. The molecular formula is C35H34N2O4. The summed E-state index contributed by atoms with van der Waals surface area (Å²) in [4.78, 5) is 30.3. The van der Waals surface area contributed by atoms with Crippen molar-refractivity contribution >= 4 is 17.5 Å². The Morgan fingerprint density at radius 3 is 2.10 bits per heavy atom. The fourth-order valence-corrected chi connectivity index (χ4v) is 6.20. The molecule has 2 amide bonds. The molecule has 208 valence electrons. The maximum absolute atomic E-state index is 14.2. The van der Waals surface area contributed by atoms with Gasteiger partial charge in [0.1, 0.15) is 17.2 Å². The van der Waals surface area contributed by atoms with Crippen molar-refractivity contribution in [2.45, 2.75) is 50.1 Å². The SMILES string of the molecule is COc1ccc([C@@H]2[C@H](C(=O)Nc3ccc(Oc4ccccc4)cc3)c3ccccc3C(=O)N2C2CCCCC2)cc1. The van der Waals surface area contributed by atoms with Crippen LogP contribution in [0.5, 0.6) is 17.2 Å². The van der Waals surface area contributed by atoms with Crippen molar-refractivity contribution in [3.63, 3.8) is 0 Å². The van der Waals surface area contributed by atoms with E-state index in [0.717, 1.165) is 48.3 Å². The molecule has 6 nitrogen and oxygen atoms in total. The molecule has 0 saturated heterocycles. The Labute approximate surface area is 240 Å². The summed E-state index contributed by atoms with van der Waals surface area (Å²) in [5.74, 6) is 1.43. The van der Waals surface area contributed by atoms with Crippen molar-refractivity contribution in [1.82, 2.24) is 4.90 Å². The zero-order chi connectivity index (χ0) is 28.2. The van der Waals surface area contributed by atoms with Crippen LogP contribution in [0.3, 0.4) is 0 Å². The van der Waals surface area contributed by atoms with E-state index in [0.29, 0.717) is 17.0 Å². The Hall–Kier alpha value is -4.58. The molecule has 4 aromatic rings. The van der Waals surface area contributed by atoms with Gasteiger partial charge < -0.3 is 19.7 Å². The van der Waals surface area contributed by atoms with Crippen molar-refractivity contribution in [3.8, 4) is 17.2 Å². The number of methoxy groups -OCH3 is 1. The normalized spacial score (nSPS) is 18.9. The molecule has 1 aliphatic heterocycles. The van der Waals surface area contributed by atoms with Crippen LogP contribution in [-0.4, -0.2) is 29.9 Å². The van der Waals surface area contributed by atoms with Crippen LogP contribution in [0.25, 0.3) is 0 Å². The van der Waals surface area contributed by atoms with Gasteiger partial charge in [-0.05, 0) is 78.6 Å². The summed E-state index contributed by atoms with van der Waals surface area (Å²) in [6, 6.07) is 31.9. The highest BCUT2D eigenvalue weighted by Gasteiger charge is 2.46. The van der Waals surface area contributed by atoms with E-state index in [1.54, 1.807) is 7.11 Å². The lowest BCUT2D eigenvalue weighted by atomic mass is 9.77. The summed E-state index contributed by atoms with van der Waals surface area (Å²) in [6.07, 6.45) is 5.23. The van der Waals surface area contributed by atoms with Crippen molar-refractivity contribution in [2.24, 2.45) is 0 Å². The van der Waals surface area contributed by atoms with E-state index in [9.17, 15) is 9.59 Å². The Kier molecular flexibility index (Phi) is 7.72. The first kappa shape index (κ1) is 26.6. The van der Waals surface area contributed by atoms with E-state index in [4.69, 9.17) is 9.47 Å². The summed E-state index contributed by atoms with van der Waals surface area (Å²) in [6.45, 7) is 0. The number of hydrogen-bond acceptors (Lipinski definition) is 4. The molecule has 0 bridgehead atoms. The zero-order valence-corrected chi connectivity index (χ0v) is 23.2. The highest BCUT2D eigenvalue weighted by atomic mass is 16.5. The average molecular weight is 547 g/mol. The van der Waals surface area contributed by atoms with Gasteiger partial charge in [-0.2, -0.15) is 0 Å². The maximum Gasteiger partial charge on any atom is 0.254 e. The van der Waals surface area contributed by atoms with Gasteiger partial charge in [-0.25, -0.2) is 0 Å². The summed E-state index contributed by atoms with van der Waals surface area (Å²) < 4.78 is 11.3. The van der Waals surface area contributed by atoms with E-state index in [2.05, 4.69) is 5.32 Å².